The lowest BCUT2D eigenvalue weighted by Gasteiger charge is -2.24. The maximum Gasteiger partial charge on any atom is 0.291 e. The molecule has 2 aromatic carbocycles. The number of aryl methyl sites for hydroxylation is 2. The van der Waals surface area contributed by atoms with Crippen LogP contribution in [0.15, 0.2) is 81.1 Å². The van der Waals surface area contributed by atoms with E-state index in [0.717, 1.165) is 16.7 Å². The van der Waals surface area contributed by atoms with Crippen molar-refractivity contribution in [2.75, 3.05) is 6.61 Å². The molecule has 0 fully saturated rings. The van der Waals surface area contributed by atoms with Crippen LogP contribution in [0.2, 0.25) is 0 Å². The van der Waals surface area contributed by atoms with E-state index in [1.807, 2.05) is 44.2 Å². The molecule has 0 radical (unpaired) electrons. The van der Waals surface area contributed by atoms with Gasteiger partial charge in [-0.05, 0) is 60.9 Å². The number of rotatable bonds is 6. The summed E-state index contributed by atoms with van der Waals surface area (Å²) in [6.07, 6.45) is 3.23. The van der Waals surface area contributed by atoms with Gasteiger partial charge in [-0.3, -0.25) is 9.59 Å². The van der Waals surface area contributed by atoms with E-state index in [1.165, 1.54) is 0 Å². The Kier molecular flexibility index (Phi) is 5.13. The quantitative estimate of drug-likeness (QED) is 0.379. The average Bonchev–Trinajstić information content (AvgIpc) is 3.40. The molecule has 0 spiro atoms. The van der Waals surface area contributed by atoms with Gasteiger partial charge in [-0.25, -0.2) is 0 Å². The van der Waals surface area contributed by atoms with Gasteiger partial charge in [-0.2, -0.15) is 0 Å². The van der Waals surface area contributed by atoms with E-state index < -0.39 is 6.04 Å². The summed E-state index contributed by atoms with van der Waals surface area (Å²) >= 11 is 0. The third-order valence-electron chi connectivity index (χ3n) is 5.88. The summed E-state index contributed by atoms with van der Waals surface area (Å²) < 4.78 is 17.2. The van der Waals surface area contributed by atoms with Crippen LogP contribution in [-0.2, 0) is 6.54 Å². The van der Waals surface area contributed by atoms with Crippen LogP contribution in [0, 0.1) is 13.8 Å². The molecule has 6 nitrogen and oxygen atoms in total. The summed E-state index contributed by atoms with van der Waals surface area (Å²) in [6.45, 7) is 8.08. The zero-order valence-electron chi connectivity index (χ0n) is 18.5. The lowest BCUT2D eigenvalue weighted by atomic mass is 9.97. The highest BCUT2D eigenvalue weighted by Crippen LogP contribution is 2.40. The Morgan fingerprint density at radius 2 is 1.91 bits per heavy atom. The highest BCUT2D eigenvalue weighted by Gasteiger charge is 2.43. The number of carbonyl (C=O) groups is 1. The van der Waals surface area contributed by atoms with Crippen molar-refractivity contribution in [3.8, 4) is 5.75 Å². The number of amides is 1. The van der Waals surface area contributed by atoms with Gasteiger partial charge in [0.1, 0.15) is 23.7 Å². The first kappa shape index (κ1) is 20.8. The van der Waals surface area contributed by atoms with E-state index in [0.29, 0.717) is 34.6 Å². The van der Waals surface area contributed by atoms with Crippen LogP contribution in [0.4, 0.5) is 0 Å². The maximum atomic E-state index is 13.7. The van der Waals surface area contributed by atoms with Crippen LogP contribution in [0.1, 0.15) is 44.6 Å². The predicted octanol–water partition coefficient (Wildman–Crippen LogP) is 5.31. The first-order chi connectivity index (χ1) is 16.0. The fourth-order valence-electron chi connectivity index (χ4n) is 4.50. The Morgan fingerprint density at radius 3 is 2.61 bits per heavy atom. The zero-order chi connectivity index (χ0) is 23.1. The van der Waals surface area contributed by atoms with Crippen molar-refractivity contribution in [1.29, 1.82) is 0 Å². The van der Waals surface area contributed by atoms with Crippen LogP contribution in [0.5, 0.6) is 5.75 Å². The molecule has 5 rings (SSSR count). The van der Waals surface area contributed by atoms with Crippen LogP contribution in [0.3, 0.4) is 0 Å². The van der Waals surface area contributed by atoms with Crippen LogP contribution < -0.4 is 10.2 Å². The first-order valence-corrected chi connectivity index (χ1v) is 10.7. The van der Waals surface area contributed by atoms with Crippen molar-refractivity contribution in [2.24, 2.45) is 0 Å². The summed E-state index contributed by atoms with van der Waals surface area (Å²) in [5.41, 5.74) is 3.17. The van der Waals surface area contributed by atoms with Gasteiger partial charge >= 0.3 is 0 Å². The molecule has 33 heavy (non-hydrogen) atoms. The standard InChI is InChI=1S/C27H23NO5/c1-4-11-31-19-9-7-18(8-10-19)24-23-25(29)22-17(3)13-16(2)14-21(22)33-26(23)27(30)28(24)15-20-6-5-12-32-20/h4-10,12-14,24H,1,11,15H2,2-3H3. The van der Waals surface area contributed by atoms with E-state index >= 15 is 0 Å². The van der Waals surface area contributed by atoms with E-state index in [4.69, 9.17) is 13.6 Å². The van der Waals surface area contributed by atoms with Crippen molar-refractivity contribution < 1.29 is 18.4 Å². The molecular weight excluding hydrogens is 418 g/mol. The number of hydrogen-bond acceptors (Lipinski definition) is 5. The van der Waals surface area contributed by atoms with E-state index in [2.05, 4.69) is 6.58 Å². The third kappa shape index (κ3) is 3.53. The maximum absolute atomic E-state index is 13.7. The fraction of sp³-hybridized carbons (Fsp3) is 0.185. The Balaban J connectivity index is 1.69. The molecular formula is C27H23NO5. The summed E-state index contributed by atoms with van der Waals surface area (Å²) in [4.78, 5) is 28.9. The minimum Gasteiger partial charge on any atom is -0.490 e. The number of benzene rings is 2. The number of furan rings is 1. The molecule has 1 aliphatic heterocycles. The Labute approximate surface area is 190 Å². The first-order valence-electron chi connectivity index (χ1n) is 10.7. The minimum atomic E-state index is -0.604. The molecule has 1 unspecified atom stereocenters. The van der Waals surface area contributed by atoms with Crippen molar-refractivity contribution in [1.82, 2.24) is 4.90 Å². The normalized spacial score (nSPS) is 15.2. The van der Waals surface area contributed by atoms with Crippen molar-refractivity contribution in [3.63, 3.8) is 0 Å². The highest BCUT2D eigenvalue weighted by molar-refractivity contribution is 5.99. The van der Waals surface area contributed by atoms with Gasteiger partial charge in [0.25, 0.3) is 5.91 Å². The highest BCUT2D eigenvalue weighted by atomic mass is 16.5. The molecule has 0 N–H and O–H groups in total. The molecule has 3 heterocycles. The summed E-state index contributed by atoms with van der Waals surface area (Å²) in [7, 11) is 0. The minimum absolute atomic E-state index is 0.0843. The number of fused-ring (bicyclic) bond motifs is 2. The van der Waals surface area contributed by atoms with Gasteiger partial charge in [0.05, 0.1) is 29.8 Å². The predicted molar refractivity (Wildman–Crippen MR) is 125 cm³/mol. The molecule has 0 saturated heterocycles. The Bertz CT molecular complexity index is 1410. The summed E-state index contributed by atoms with van der Waals surface area (Å²) in [5.74, 6) is 1.05. The number of nitrogens with zero attached hydrogens (tertiary/aromatic N) is 1. The molecule has 1 atom stereocenters. The van der Waals surface area contributed by atoms with E-state index in [-0.39, 0.29) is 23.6 Å². The van der Waals surface area contributed by atoms with Gasteiger partial charge in [-0.15, -0.1) is 0 Å². The monoisotopic (exact) mass is 441 g/mol. The molecule has 0 saturated carbocycles. The van der Waals surface area contributed by atoms with Gasteiger partial charge in [0, 0.05) is 0 Å². The number of ether oxygens (including phenoxy) is 1. The van der Waals surface area contributed by atoms with Gasteiger partial charge in [0.15, 0.2) is 5.43 Å². The molecule has 6 heteroatoms. The second kappa shape index (κ2) is 8.13. The largest absolute Gasteiger partial charge is 0.490 e. The molecule has 1 aliphatic rings. The Hall–Kier alpha value is -4.06. The molecule has 1 amide bonds. The van der Waals surface area contributed by atoms with Gasteiger partial charge in [0.2, 0.25) is 5.76 Å². The molecule has 0 bridgehead atoms. The van der Waals surface area contributed by atoms with E-state index in [9.17, 15) is 9.59 Å². The second-order valence-corrected chi connectivity index (χ2v) is 8.21. The van der Waals surface area contributed by atoms with Gasteiger partial charge < -0.3 is 18.5 Å². The smallest absolute Gasteiger partial charge is 0.291 e. The SMILES string of the molecule is C=CCOc1ccc(C2c3c(oc4cc(C)cc(C)c4c3=O)C(=O)N2Cc2ccco2)cc1. The average molecular weight is 441 g/mol. The zero-order valence-corrected chi connectivity index (χ0v) is 18.5. The van der Waals surface area contributed by atoms with E-state index in [1.54, 1.807) is 35.4 Å². The summed E-state index contributed by atoms with van der Waals surface area (Å²) in [5, 5.41) is 0.503. The van der Waals surface area contributed by atoms with Crippen molar-refractivity contribution in [2.45, 2.75) is 26.4 Å². The second-order valence-electron chi connectivity index (χ2n) is 8.21. The topological polar surface area (TPSA) is 72.9 Å². The third-order valence-corrected chi connectivity index (χ3v) is 5.88. The van der Waals surface area contributed by atoms with Crippen LogP contribution >= 0.6 is 0 Å². The fourth-order valence-corrected chi connectivity index (χ4v) is 4.50. The molecule has 4 aromatic rings. The van der Waals surface area contributed by atoms with Crippen LogP contribution in [0.25, 0.3) is 11.0 Å². The molecule has 0 aliphatic carbocycles. The summed E-state index contributed by atoms with van der Waals surface area (Å²) in [6, 6.07) is 14.1. The lowest BCUT2D eigenvalue weighted by molar-refractivity contribution is 0.0701. The van der Waals surface area contributed by atoms with Crippen LogP contribution in [-0.4, -0.2) is 17.4 Å². The lowest BCUT2D eigenvalue weighted by Crippen LogP contribution is -2.29. The van der Waals surface area contributed by atoms with Crippen molar-refractivity contribution >= 4 is 16.9 Å². The van der Waals surface area contributed by atoms with Gasteiger partial charge in [-0.1, -0.05) is 30.9 Å². The number of hydrogen-bond donors (Lipinski definition) is 0. The Morgan fingerprint density at radius 1 is 1.12 bits per heavy atom. The van der Waals surface area contributed by atoms with Crippen molar-refractivity contribution in [3.05, 3.63) is 111 Å². The number of carbonyl (C=O) groups excluding carboxylic acids is 1. The molecule has 166 valence electrons. The molecule has 2 aromatic heterocycles.